The molecule has 0 atom stereocenters. The van der Waals surface area contributed by atoms with E-state index in [2.05, 4.69) is 0 Å². The molecule has 1 N–H and O–H groups in total. The monoisotopic (exact) mass is 500 g/mol. The van der Waals surface area contributed by atoms with E-state index in [0.717, 1.165) is 0 Å². The molecule has 194 valence electrons. The predicted octanol–water partition coefficient (Wildman–Crippen LogP) is 6.44. The van der Waals surface area contributed by atoms with Gasteiger partial charge in [0.25, 0.3) is 0 Å². The van der Waals surface area contributed by atoms with Crippen molar-refractivity contribution in [2.24, 2.45) is 0 Å². The van der Waals surface area contributed by atoms with Crippen LogP contribution >= 0.6 is 7.82 Å². The lowest BCUT2D eigenvalue weighted by Gasteiger charge is -2.33. The van der Waals surface area contributed by atoms with Gasteiger partial charge in [0, 0.05) is 11.0 Å². The van der Waals surface area contributed by atoms with Crippen molar-refractivity contribution in [1.29, 1.82) is 0 Å². The molecule has 0 spiro atoms. The molecule has 0 amide bonds. The summed E-state index contributed by atoms with van der Waals surface area (Å²) in [6, 6.07) is 4.92. The van der Waals surface area contributed by atoms with Crippen molar-refractivity contribution in [3.05, 3.63) is 29.3 Å². The highest BCUT2D eigenvalue weighted by atomic mass is 31.2. The van der Waals surface area contributed by atoms with Gasteiger partial charge in [-0.15, -0.1) is 0 Å². The molecular formula is C25H41O8P. The van der Waals surface area contributed by atoms with Crippen LogP contribution in [-0.2, 0) is 39.8 Å². The number of carbonyl (C=O) groups is 2. The molecule has 0 aromatic heterocycles. The molecule has 9 heteroatoms. The third-order valence-electron chi connectivity index (χ3n) is 4.12. The summed E-state index contributed by atoms with van der Waals surface area (Å²) in [7, 11) is -4.17. The van der Waals surface area contributed by atoms with Crippen molar-refractivity contribution in [1.82, 2.24) is 0 Å². The van der Waals surface area contributed by atoms with E-state index in [-0.39, 0.29) is 18.6 Å². The van der Waals surface area contributed by atoms with Crippen LogP contribution in [0.5, 0.6) is 5.75 Å². The Kier molecular flexibility index (Phi) is 9.21. The number of aliphatic carboxylic acids is 1. The Balaban J connectivity index is 3.64. The first kappa shape index (κ1) is 30.1. The Morgan fingerprint density at radius 3 is 1.76 bits per heavy atom. The number of rotatable bonds is 9. The van der Waals surface area contributed by atoms with E-state index >= 15 is 0 Å². The Morgan fingerprint density at radius 1 is 0.853 bits per heavy atom. The van der Waals surface area contributed by atoms with Gasteiger partial charge >= 0.3 is 19.8 Å². The van der Waals surface area contributed by atoms with Gasteiger partial charge in [-0.2, -0.15) is 0 Å². The smallest absolute Gasteiger partial charge is 0.481 e. The van der Waals surface area contributed by atoms with E-state index in [1.807, 2.05) is 0 Å². The number of phosphoric ester groups is 1. The second kappa shape index (κ2) is 10.4. The molecule has 0 aliphatic rings. The molecule has 1 rings (SSSR count). The largest absolute Gasteiger partial charge is 0.531 e. The van der Waals surface area contributed by atoms with E-state index < -0.39 is 42.0 Å². The maximum absolute atomic E-state index is 13.8. The van der Waals surface area contributed by atoms with Crippen molar-refractivity contribution in [2.75, 3.05) is 0 Å². The summed E-state index contributed by atoms with van der Waals surface area (Å²) in [6.07, 6.45) is -0.364. The number of carbonyl (C=O) groups excluding carboxylic acids is 1. The molecule has 1 aromatic rings. The van der Waals surface area contributed by atoms with E-state index in [4.69, 9.17) is 18.3 Å². The molecule has 0 fully saturated rings. The Morgan fingerprint density at radius 2 is 1.35 bits per heavy atom. The summed E-state index contributed by atoms with van der Waals surface area (Å²) in [5, 5.41) is 9.53. The highest BCUT2D eigenvalue weighted by Gasteiger charge is 2.41. The van der Waals surface area contributed by atoms with Crippen LogP contribution in [0.3, 0.4) is 0 Å². The minimum absolute atomic E-state index is 0.114. The second-order valence-corrected chi connectivity index (χ2v) is 13.4. The van der Waals surface area contributed by atoms with Crippen LogP contribution < -0.4 is 4.52 Å². The number of hydrogen-bond acceptors (Lipinski definition) is 7. The Hall–Kier alpha value is -1.89. The number of benzene rings is 1. The third-order valence-corrected chi connectivity index (χ3v) is 6.08. The molecule has 0 aliphatic heterocycles. The zero-order valence-electron chi connectivity index (χ0n) is 22.4. The number of carboxylic acids is 1. The number of ether oxygens (including phenoxy) is 1. The minimum atomic E-state index is -4.17. The number of phosphoric acid groups is 1. The molecular weight excluding hydrogens is 459 g/mol. The summed E-state index contributed by atoms with van der Waals surface area (Å²) in [5.41, 5.74) is -2.43. The van der Waals surface area contributed by atoms with E-state index in [0.29, 0.717) is 11.1 Å². The van der Waals surface area contributed by atoms with Gasteiger partial charge in [-0.1, -0.05) is 26.0 Å². The molecule has 0 unspecified atom stereocenters. The summed E-state index contributed by atoms with van der Waals surface area (Å²) < 4.78 is 36.7. The summed E-state index contributed by atoms with van der Waals surface area (Å²) in [6.45, 7) is 19.1. The SMILES string of the molecule is CC(C)(C)OC(=O)Cc1cccc(OP(=O)(OC(C)(C)C)OC(C)(C)C)c1C(C)(C)CC(=O)O. The van der Waals surface area contributed by atoms with Crippen LogP contribution in [-0.4, -0.2) is 33.8 Å². The fraction of sp³-hybridized carbons (Fsp3) is 0.680. The number of hydrogen-bond donors (Lipinski definition) is 1. The highest BCUT2D eigenvalue weighted by Crippen LogP contribution is 2.56. The molecule has 0 heterocycles. The normalized spacial score (nSPS) is 13.5. The van der Waals surface area contributed by atoms with Gasteiger partial charge in [0.1, 0.15) is 11.4 Å². The van der Waals surface area contributed by atoms with E-state index in [9.17, 15) is 19.3 Å². The fourth-order valence-electron chi connectivity index (χ4n) is 3.41. The van der Waals surface area contributed by atoms with Crippen molar-refractivity contribution < 1.29 is 37.6 Å². The topological polar surface area (TPSA) is 108 Å². The fourth-order valence-corrected chi connectivity index (χ4v) is 5.26. The van der Waals surface area contributed by atoms with Gasteiger partial charge in [0.2, 0.25) is 0 Å². The Bertz CT molecular complexity index is 910. The predicted molar refractivity (Wildman–Crippen MR) is 131 cm³/mol. The van der Waals surface area contributed by atoms with Crippen molar-refractivity contribution in [3.63, 3.8) is 0 Å². The molecule has 8 nitrogen and oxygen atoms in total. The van der Waals surface area contributed by atoms with Crippen LogP contribution in [0.25, 0.3) is 0 Å². The quantitative estimate of drug-likeness (QED) is 0.305. The first-order valence-corrected chi connectivity index (χ1v) is 12.8. The highest BCUT2D eigenvalue weighted by molar-refractivity contribution is 7.49. The summed E-state index contributed by atoms with van der Waals surface area (Å²) in [4.78, 5) is 24.3. The van der Waals surface area contributed by atoms with Gasteiger partial charge in [0.15, 0.2) is 0 Å². The summed E-state index contributed by atoms with van der Waals surface area (Å²) in [5.74, 6) is -1.37. The maximum atomic E-state index is 13.8. The molecule has 0 radical (unpaired) electrons. The number of carboxylic acid groups (broad SMARTS) is 1. The lowest BCUT2D eigenvalue weighted by Crippen LogP contribution is -2.29. The van der Waals surface area contributed by atoms with Crippen LogP contribution in [0, 0.1) is 0 Å². The number of esters is 1. The van der Waals surface area contributed by atoms with Gasteiger partial charge < -0.3 is 14.4 Å². The third kappa shape index (κ3) is 10.6. The lowest BCUT2D eigenvalue weighted by atomic mass is 9.78. The summed E-state index contributed by atoms with van der Waals surface area (Å²) >= 11 is 0. The van der Waals surface area contributed by atoms with Gasteiger partial charge in [0.05, 0.1) is 24.0 Å². The van der Waals surface area contributed by atoms with Crippen molar-refractivity contribution >= 4 is 19.8 Å². The molecule has 34 heavy (non-hydrogen) atoms. The van der Waals surface area contributed by atoms with Gasteiger partial charge in [-0.25, -0.2) is 4.57 Å². The molecule has 0 aliphatic carbocycles. The van der Waals surface area contributed by atoms with Gasteiger partial charge in [-0.3, -0.25) is 18.6 Å². The van der Waals surface area contributed by atoms with Crippen LogP contribution in [0.4, 0.5) is 0 Å². The molecule has 1 aromatic carbocycles. The molecule has 0 bridgehead atoms. The molecule has 0 saturated heterocycles. The zero-order chi connectivity index (χ0) is 26.8. The Labute approximate surface area is 203 Å². The van der Waals surface area contributed by atoms with Crippen LogP contribution in [0.2, 0.25) is 0 Å². The first-order chi connectivity index (χ1) is 15.0. The van der Waals surface area contributed by atoms with E-state index in [1.165, 1.54) is 0 Å². The van der Waals surface area contributed by atoms with Crippen LogP contribution in [0.1, 0.15) is 93.7 Å². The second-order valence-electron chi connectivity index (χ2n) is 12.0. The van der Waals surface area contributed by atoms with E-state index in [1.54, 1.807) is 94.4 Å². The van der Waals surface area contributed by atoms with Crippen molar-refractivity contribution in [2.45, 2.75) is 111 Å². The van der Waals surface area contributed by atoms with Crippen molar-refractivity contribution in [3.8, 4) is 5.75 Å². The van der Waals surface area contributed by atoms with Gasteiger partial charge in [-0.05, 0) is 73.9 Å². The average molecular weight is 501 g/mol. The van der Waals surface area contributed by atoms with Crippen LogP contribution in [0.15, 0.2) is 18.2 Å². The lowest BCUT2D eigenvalue weighted by molar-refractivity contribution is -0.153. The maximum Gasteiger partial charge on any atom is 0.531 e. The minimum Gasteiger partial charge on any atom is -0.481 e. The first-order valence-electron chi connectivity index (χ1n) is 11.3. The average Bonchev–Trinajstić information content (AvgIpc) is 2.46. The zero-order valence-corrected chi connectivity index (χ0v) is 23.3. The standard InChI is InChI=1S/C25H41O8P/c1-22(2,3)30-20(28)15-17-13-12-14-18(21(17)25(10,11)16-19(26)27)31-34(29,32-23(4,5)6)33-24(7,8)9/h12-14H,15-16H2,1-11H3,(H,26,27). The molecule has 0 saturated carbocycles.